The molecule has 1 saturated heterocycles. The fourth-order valence-electron chi connectivity index (χ4n) is 2.64. The lowest BCUT2D eigenvalue weighted by molar-refractivity contribution is 0.256. The van der Waals surface area contributed by atoms with Gasteiger partial charge in [-0.1, -0.05) is 13.0 Å². The molecule has 1 unspecified atom stereocenters. The van der Waals surface area contributed by atoms with E-state index < -0.39 is 10.2 Å². The van der Waals surface area contributed by atoms with E-state index in [1.165, 1.54) is 4.31 Å². The van der Waals surface area contributed by atoms with Gasteiger partial charge in [-0.15, -0.1) is 0 Å². The SMILES string of the molecule is CC1CCCN(S(=O)(=O)N(CCC#N)Cc2ccccn2)C1. The molecule has 7 heteroatoms. The van der Waals surface area contributed by atoms with Gasteiger partial charge in [-0.05, 0) is 30.9 Å². The van der Waals surface area contributed by atoms with Gasteiger partial charge in [0.2, 0.25) is 0 Å². The first kappa shape index (κ1) is 16.9. The number of piperidine rings is 1. The third kappa shape index (κ3) is 4.26. The van der Waals surface area contributed by atoms with Crippen molar-refractivity contribution in [2.75, 3.05) is 19.6 Å². The van der Waals surface area contributed by atoms with E-state index >= 15 is 0 Å². The van der Waals surface area contributed by atoms with Crippen molar-refractivity contribution in [1.82, 2.24) is 13.6 Å². The van der Waals surface area contributed by atoms with Crippen molar-refractivity contribution in [2.45, 2.75) is 32.7 Å². The van der Waals surface area contributed by atoms with Crippen LogP contribution in [0.25, 0.3) is 0 Å². The van der Waals surface area contributed by atoms with Crippen molar-refractivity contribution in [2.24, 2.45) is 5.92 Å². The summed E-state index contributed by atoms with van der Waals surface area (Å²) in [6.45, 7) is 3.57. The highest BCUT2D eigenvalue weighted by molar-refractivity contribution is 7.86. The summed E-state index contributed by atoms with van der Waals surface area (Å²) in [6, 6.07) is 7.45. The molecule has 1 aromatic rings. The van der Waals surface area contributed by atoms with Gasteiger partial charge in [-0.25, -0.2) is 0 Å². The summed E-state index contributed by atoms with van der Waals surface area (Å²) >= 11 is 0. The van der Waals surface area contributed by atoms with Gasteiger partial charge in [-0.3, -0.25) is 4.98 Å². The first-order valence-electron chi connectivity index (χ1n) is 7.56. The van der Waals surface area contributed by atoms with Crippen LogP contribution in [0.15, 0.2) is 24.4 Å². The van der Waals surface area contributed by atoms with Crippen LogP contribution in [0.3, 0.4) is 0 Å². The number of pyridine rings is 1. The molecule has 2 heterocycles. The van der Waals surface area contributed by atoms with Crippen molar-refractivity contribution < 1.29 is 8.42 Å². The molecule has 0 radical (unpaired) electrons. The second kappa shape index (κ2) is 7.68. The zero-order valence-corrected chi connectivity index (χ0v) is 13.7. The summed E-state index contributed by atoms with van der Waals surface area (Å²) in [5, 5.41) is 8.80. The van der Waals surface area contributed by atoms with Crippen LogP contribution in [0, 0.1) is 17.2 Å². The van der Waals surface area contributed by atoms with Crippen LogP contribution in [0.5, 0.6) is 0 Å². The number of hydrogen-bond acceptors (Lipinski definition) is 4. The van der Waals surface area contributed by atoms with Crippen molar-refractivity contribution in [3.05, 3.63) is 30.1 Å². The number of nitriles is 1. The molecule has 0 amide bonds. The summed E-state index contributed by atoms with van der Waals surface area (Å²) < 4.78 is 28.6. The topological polar surface area (TPSA) is 77.3 Å². The lowest BCUT2D eigenvalue weighted by Crippen LogP contribution is -2.47. The van der Waals surface area contributed by atoms with Crippen LogP contribution in [-0.2, 0) is 16.8 Å². The van der Waals surface area contributed by atoms with E-state index in [0.717, 1.165) is 12.8 Å². The van der Waals surface area contributed by atoms with Gasteiger partial charge >= 0.3 is 0 Å². The minimum absolute atomic E-state index is 0.176. The third-order valence-electron chi connectivity index (χ3n) is 3.81. The van der Waals surface area contributed by atoms with Gasteiger partial charge in [0.05, 0.1) is 18.3 Å². The van der Waals surface area contributed by atoms with E-state index in [0.29, 0.717) is 24.7 Å². The molecule has 0 saturated carbocycles. The van der Waals surface area contributed by atoms with Crippen LogP contribution in [0.2, 0.25) is 0 Å². The Bertz CT molecular complexity index is 612. The highest BCUT2D eigenvalue weighted by atomic mass is 32.2. The molecule has 1 fully saturated rings. The molecule has 1 aliphatic heterocycles. The Kier molecular flexibility index (Phi) is 5.89. The molecule has 0 aromatic carbocycles. The van der Waals surface area contributed by atoms with Gasteiger partial charge in [0.15, 0.2) is 0 Å². The maximum absolute atomic E-state index is 12.9. The zero-order chi connectivity index (χ0) is 16.0. The van der Waals surface area contributed by atoms with Crippen molar-refractivity contribution in [3.63, 3.8) is 0 Å². The molecule has 2 rings (SSSR count). The molecule has 22 heavy (non-hydrogen) atoms. The van der Waals surface area contributed by atoms with E-state index in [-0.39, 0.29) is 19.5 Å². The van der Waals surface area contributed by atoms with Gasteiger partial charge in [0.1, 0.15) is 0 Å². The normalized spacial score (nSPS) is 20.0. The van der Waals surface area contributed by atoms with Gasteiger partial charge in [0.25, 0.3) is 10.2 Å². The largest absolute Gasteiger partial charge is 0.282 e. The predicted molar refractivity (Wildman–Crippen MR) is 83.8 cm³/mol. The van der Waals surface area contributed by atoms with Crippen LogP contribution in [0.4, 0.5) is 0 Å². The lowest BCUT2D eigenvalue weighted by atomic mass is 10.0. The maximum atomic E-state index is 12.9. The first-order valence-corrected chi connectivity index (χ1v) is 8.96. The third-order valence-corrected chi connectivity index (χ3v) is 5.76. The predicted octanol–water partition coefficient (Wildman–Crippen LogP) is 1.77. The molecule has 0 aliphatic carbocycles. The second-order valence-corrected chi connectivity index (χ2v) is 7.60. The Morgan fingerprint density at radius 1 is 1.50 bits per heavy atom. The van der Waals surface area contributed by atoms with E-state index in [1.54, 1.807) is 22.6 Å². The summed E-state index contributed by atoms with van der Waals surface area (Å²) in [7, 11) is -3.55. The minimum Gasteiger partial charge on any atom is -0.260 e. The van der Waals surface area contributed by atoms with Gasteiger partial charge < -0.3 is 0 Å². The monoisotopic (exact) mass is 322 g/mol. The first-order chi connectivity index (χ1) is 10.5. The van der Waals surface area contributed by atoms with E-state index in [2.05, 4.69) is 11.9 Å². The summed E-state index contributed by atoms with van der Waals surface area (Å²) in [6.07, 6.45) is 3.77. The van der Waals surface area contributed by atoms with E-state index in [4.69, 9.17) is 5.26 Å². The molecule has 0 N–H and O–H groups in total. The van der Waals surface area contributed by atoms with Crippen molar-refractivity contribution >= 4 is 10.2 Å². The molecule has 120 valence electrons. The Balaban J connectivity index is 2.17. The molecule has 0 bridgehead atoms. The highest BCUT2D eigenvalue weighted by Gasteiger charge is 2.32. The van der Waals surface area contributed by atoms with Crippen LogP contribution >= 0.6 is 0 Å². The number of nitrogens with zero attached hydrogens (tertiary/aromatic N) is 4. The quantitative estimate of drug-likeness (QED) is 0.800. The molecule has 6 nitrogen and oxygen atoms in total. The van der Waals surface area contributed by atoms with E-state index in [9.17, 15) is 8.42 Å². The summed E-state index contributed by atoms with van der Waals surface area (Å²) in [4.78, 5) is 4.19. The zero-order valence-electron chi connectivity index (χ0n) is 12.9. The summed E-state index contributed by atoms with van der Waals surface area (Å²) in [5.74, 6) is 0.371. The lowest BCUT2D eigenvalue weighted by Gasteiger charge is -2.34. The van der Waals surface area contributed by atoms with Gasteiger partial charge in [-0.2, -0.15) is 22.3 Å². The van der Waals surface area contributed by atoms with Gasteiger partial charge in [0, 0.05) is 32.3 Å². The average molecular weight is 322 g/mol. The molecular weight excluding hydrogens is 300 g/mol. The smallest absolute Gasteiger partial charge is 0.260 e. The molecule has 0 spiro atoms. The van der Waals surface area contributed by atoms with Crippen LogP contribution in [-0.4, -0.2) is 41.6 Å². The molecular formula is C15H22N4O2S. The minimum atomic E-state index is -3.55. The van der Waals surface area contributed by atoms with Crippen molar-refractivity contribution in [1.29, 1.82) is 5.26 Å². The number of aromatic nitrogens is 1. The standard InChI is InChI=1S/C15H22N4O2S/c1-14-6-4-10-18(12-14)22(20,21)19(11-5-8-16)13-15-7-2-3-9-17-15/h2-3,7,9,14H,4-6,10-13H2,1H3. The summed E-state index contributed by atoms with van der Waals surface area (Å²) in [5.41, 5.74) is 0.689. The van der Waals surface area contributed by atoms with Crippen molar-refractivity contribution in [3.8, 4) is 6.07 Å². The Hall–Kier alpha value is -1.49. The fraction of sp³-hybridized carbons (Fsp3) is 0.600. The Morgan fingerprint density at radius 3 is 2.95 bits per heavy atom. The Morgan fingerprint density at radius 2 is 2.32 bits per heavy atom. The average Bonchev–Trinajstić information content (AvgIpc) is 2.52. The fourth-order valence-corrected chi connectivity index (χ4v) is 4.39. The second-order valence-electron chi connectivity index (χ2n) is 5.68. The number of hydrogen-bond donors (Lipinski definition) is 0. The number of rotatable bonds is 6. The molecule has 1 aromatic heterocycles. The van der Waals surface area contributed by atoms with Crippen LogP contribution < -0.4 is 0 Å². The highest BCUT2D eigenvalue weighted by Crippen LogP contribution is 2.21. The maximum Gasteiger partial charge on any atom is 0.282 e. The molecule has 1 atom stereocenters. The van der Waals surface area contributed by atoms with E-state index in [1.807, 2.05) is 12.1 Å². The Labute approximate surface area is 132 Å². The van der Waals surface area contributed by atoms with Crippen LogP contribution in [0.1, 0.15) is 31.9 Å². The molecule has 1 aliphatic rings.